The van der Waals surface area contributed by atoms with E-state index in [1.54, 1.807) is 18.2 Å². The Balaban J connectivity index is 2.46. The molecule has 3 N–H and O–H groups in total. The van der Waals surface area contributed by atoms with Gasteiger partial charge in [0.15, 0.2) is 6.61 Å². The second-order valence-electron chi connectivity index (χ2n) is 5.00. The van der Waals surface area contributed by atoms with Crippen molar-refractivity contribution >= 4 is 17.5 Å². The number of carbonyl (C=O) groups is 1. The van der Waals surface area contributed by atoms with Crippen LogP contribution in [0.1, 0.15) is 32.3 Å². The highest BCUT2D eigenvalue weighted by atomic mass is 35.5. The summed E-state index contributed by atoms with van der Waals surface area (Å²) in [5.74, 6) is 0.443. The van der Waals surface area contributed by atoms with Crippen LogP contribution >= 0.6 is 11.6 Å². The Morgan fingerprint density at radius 3 is 2.65 bits per heavy atom. The molecular formula is C15H23ClN2O2. The van der Waals surface area contributed by atoms with Gasteiger partial charge in [-0.05, 0) is 31.9 Å². The number of hydrogen-bond acceptors (Lipinski definition) is 3. The zero-order chi connectivity index (χ0) is 15.2. The Kier molecular flexibility index (Phi) is 6.30. The lowest BCUT2D eigenvalue weighted by Gasteiger charge is -2.26. The molecule has 0 fully saturated rings. The molecule has 1 rings (SSSR count). The van der Waals surface area contributed by atoms with Crippen molar-refractivity contribution in [3.8, 4) is 5.75 Å². The van der Waals surface area contributed by atoms with Crippen LogP contribution in [-0.4, -0.2) is 24.6 Å². The molecule has 0 aliphatic rings. The summed E-state index contributed by atoms with van der Waals surface area (Å²) >= 11 is 5.99. The lowest BCUT2D eigenvalue weighted by atomic mass is 9.94. The van der Waals surface area contributed by atoms with Crippen LogP contribution in [0.4, 0.5) is 0 Å². The van der Waals surface area contributed by atoms with Crippen molar-refractivity contribution in [3.05, 3.63) is 28.8 Å². The van der Waals surface area contributed by atoms with E-state index in [1.807, 2.05) is 20.8 Å². The van der Waals surface area contributed by atoms with Crippen molar-refractivity contribution in [1.29, 1.82) is 0 Å². The van der Waals surface area contributed by atoms with Crippen LogP contribution in [0.5, 0.6) is 5.75 Å². The summed E-state index contributed by atoms with van der Waals surface area (Å²) in [4.78, 5) is 11.8. The van der Waals surface area contributed by atoms with Gasteiger partial charge in [-0.2, -0.15) is 0 Å². The molecule has 1 amide bonds. The van der Waals surface area contributed by atoms with Gasteiger partial charge in [-0.25, -0.2) is 0 Å². The quantitative estimate of drug-likeness (QED) is 0.813. The smallest absolute Gasteiger partial charge is 0.258 e. The molecule has 0 radical (unpaired) electrons. The van der Waals surface area contributed by atoms with Gasteiger partial charge in [-0.3, -0.25) is 4.79 Å². The summed E-state index contributed by atoms with van der Waals surface area (Å²) in [6.45, 7) is 6.30. The molecule has 0 unspecified atom stereocenters. The Hall–Kier alpha value is -1.26. The van der Waals surface area contributed by atoms with Crippen LogP contribution in [0, 0.1) is 6.92 Å². The first-order valence-electron chi connectivity index (χ1n) is 6.85. The Morgan fingerprint density at radius 2 is 2.05 bits per heavy atom. The minimum absolute atomic E-state index is 0.0370. The molecule has 0 saturated heterocycles. The van der Waals surface area contributed by atoms with Gasteiger partial charge in [-0.1, -0.05) is 31.5 Å². The molecule has 0 atom stereocenters. The second kappa shape index (κ2) is 7.50. The van der Waals surface area contributed by atoms with Gasteiger partial charge in [0.25, 0.3) is 5.91 Å². The largest absolute Gasteiger partial charge is 0.483 e. The Bertz CT molecular complexity index is 459. The summed E-state index contributed by atoms with van der Waals surface area (Å²) in [5, 5.41) is 3.43. The summed E-state index contributed by atoms with van der Waals surface area (Å²) in [6.07, 6.45) is 1.63. The maximum atomic E-state index is 11.8. The zero-order valence-electron chi connectivity index (χ0n) is 12.3. The second-order valence-corrected chi connectivity index (χ2v) is 5.41. The number of ether oxygens (including phenoxy) is 1. The average molecular weight is 299 g/mol. The van der Waals surface area contributed by atoms with Crippen LogP contribution < -0.4 is 15.8 Å². The lowest BCUT2D eigenvalue weighted by Crippen LogP contribution is -2.50. The molecule has 0 bridgehead atoms. The fraction of sp³-hybridized carbons (Fsp3) is 0.533. The molecule has 1 aromatic rings. The molecule has 4 nitrogen and oxygen atoms in total. The number of nitrogens with one attached hydrogen (secondary N) is 1. The molecular weight excluding hydrogens is 276 g/mol. The van der Waals surface area contributed by atoms with Crippen LogP contribution in [0.2, 0.25) is 5.02 Å². The number of rotatable bonds is 7. The van der Waals surface area contributed by atoms with E-state index in [4.69, 9.17) is 22.1 Å². The van der Waals surface area contributed by atoms with E-state index in [0.29, 0.717) is 17.3 Å². The van der Waals surface area contributed by atoms with Gasteiger partial charge in [0.05, 0.1) is 0 Å². The number of carbonyl (C=O) groups excluding carboxylic acids is 1. The van der Waals surface area contributed by atoms with E-state index in [0.717, 1.165) is 18.4 Å². The van der Waals surface area contributed by atoms with Crippen LogP contribution in [0.25, 0.3) is 0 Å². The van der Waals surface area contributed by atoms with E-state index in [9.17, 15) is 4.79 Å². The van der Waals surface area contributed by atoms with Crippen LogP contribution in [-0.2, 0) is 4.79 Å². The fourth-order valence-corrected chi connectivity index (χ4v) is 1.88. The first kappa shape index (κ1) is 16.8. The van der Waals surface area contributed by atoms with E-state index in [-0.39, 0.29) is 18.1 Å². The van der Waals surface area contributed by atoms with E-state index in [2.05, 4.69) is 5.32 Å². The fourth-order valence-electron chi connectivity index (χ4n) is 1.71. The molecule has 1 aromatic carbocycles. The molecule has 0 aliphatic heterocycles. The maximum Gasteiger partial charge on any atom is 0.258 e. The number of hydrogen-bond donors (Lipinski definition) is 2. The first-order chi connectivity index (χ1) is 9.41. The molecule has 112 valence electrons. The van der Waals surface area contributed by atoms with Gasteiger partial charge in [0.2, 0.25) is 0 Å². The van der Waals surface area contributed by atoms with Crippen molar-refractivity contribution in [3.63, 3.8) is 0 Å². The van der Waals surface area contributed by atoms with E-state index in [1.165, 1.54) is 0 Å². The normalized spacial score (nSPS) is 11.2. The molecule has 0 aliphatic carbocycles. The third-order valence-electron chi connectivity index (χ3n) is 3.62. The monoisotopic (exact) mass is 298 g/mol. The molecule has 20 heavy (non-hydrogen) atoms. The van der Waals surface area contributed by atoms with Crippen molar-refractivity contribution in [2.75, 3.05) is 13.2 Å². The first-order valence-corrected chi connectivity index (χ1v) is 7.23. The summed E-state index contributed by atoms with van der Waals surface area (Å²) < 4.78 is 5.47. The predicted octanol–water partition coefficient (Wildman–Crippen LogP) is 2.66. The van der Waals surface area contributed by atoms with Gasteiger partial charge in [-0.15, -0.1) is 0 Å². The maximum absolute atomic E-state index is 11.8. The Morgan fingerprint density at radius 1 is 1.40 bits per heavy atom. The van der Waals surface area contributed by atoms with Crippen LogP contribution in [0.15, 0.2) is 18.2 Å². The SMILES string of the molecule is CCC(N)(CC)CNC(=O)COc1cccc(Cl)c1C. The third-order valence-corrected chi connectivity index (χ3v) is 4.03. The standard InChI is InChI=1S/C15H23ClN2O2/c1-4-15(17,5-2)10-18-14(19)9-20-13-8-6-7-12(16)11(13)3/h6-8H,4-5,9-10,17H2,1-3H3,(H,18,19). The molecule has 5 heteroatoms. The molecule has 0 aromatic heterocycles. The summed E-state index contributed by atoms with van der Waals surface area (Å²) in [7, 11) is 0. The number of nitrogens with two attached hydrogens (primary N) is 1. The number of amides is 1. The van der Waals surface area contributed by atoms with Crippen molar-refractivity contribution in [1.82, 2.24) is 5.32 Å². The third kappa shape index (κ3) is 4.69. The van der Waals surface area contributed by atoms with Gasteiger partial charge in [0.1, 0.15) is 5.75 Å². The topological polar surface area (TPSA) is 64.3 Å². The van der Waals surface area contributed by atoms with Crippen molar-refractivity contribution in [2.45, 2.75) is 39.2 Å². The summed E-state index contributed by atoms with van der Waals surface area (Å²) in [6, 6.07) is 5.37. The van der Waals surface area contributed by atoms with Crippen LogP contribution in [0.3, 0.4) is 0 Å². The van der Waals surface area contributed by atoms with E-state index < -0.39 is 0 Å². The highest BCUT2D eigenvalue weighted by molar-refractivity contribution is 6.31. The highest BCUT2D eigenvalue weighted by Crippen LogP contribution is 2.24. The van der Waals surface area contributed by atoms with Gasteiger partial charge in [0, 0.05) is 22.7 Å². The minimum atomic E-state index is -0.346. The minimum Gasteiger partial charge on any atom is -0.483 e. The average Bonchev–Trinajstić information content (AvgIpc) is 2.46. The molecule has 0 spiro atoms. The van der Waals surface area contributed by atoms with Crippen molar-refractivity contribution < 1.29 is 9.53 Å². The van der Waals surface area contributed by atoms with E-state index >= 15 is 0 Å². The summed E-state index contributed by atoms with van der Waals surface area (Å²) in [5.41, 5.74) is 6.61. The number of benzene rings is 1. The predicted molar refractivity (Wildman–Crippen MR) is 82.2 cm³/mol. The highest BCUT2D eigenvalue weighted by Gasteiger charge is 2.20. The molecule has 0 saturated carbocycles. The molecule has 0 heterocycles. The van der Waals surface area contributed by atoms with Gasteiger partial charge < -0.3 is 15.8 Å². The number of halogens is 1. The lowest BCUT2D eigenvalue weighted by molar-refractivity contribution is -0.123. The van der Waals surface area contributed by atoms with Gasteiger partial charge >= 0.3 is 0 Å². The van der Waals surface area contributed by atoms with Crippen molar-refractivity contribution in [2.24, 2.45) is 5.73 Å². The Labute approximate surface area is 125 Å². The zero-order valence-corrected chi connectivity index (χ0v) is 13.1.